The summed E-state index contributed by atoms with van der Waals surface area (Å²) in [5.41, 5.74) is 3.29. The van der Waals surface area contributed by atoms with Crippen LogP contribution in [0.25, 0.3) is 0 Å². The zero-order valence-electron chi connectivity index (χ0n) is 19.2. The SMILES string of the molecule is [2H]c1c([2H])c(N)c2c(c1[2H])C(=O)N([C@]1([2H])C(=O)NC(=O)C([2H])([2H])C1([2H])[2H])C2([2H])[2H]. The minimum Gasteiger partial charge on any atom is -0.398 e. The van der Waals surface area contributed by atoms with E-state index < -0.39 is 77.9 Å². The number of nitrogen functional groups attached to an aromatic ring is 1. The Morgan fingerprint density at radius 3 is 3.05 bits per heavy atom. The van der Waals surface area contributed by atoms with Gasteiger partial charge in [-0.15, -0.1) is 0 Å². The van der Waals surface area contributed by atoms with Crippen LogP contribution in [0.1, 0.15) is 42.4 Å². The molecule has 1 saturated heterocycles. The number of anilines is 1. The van der Waals surface area contributed by atoms with Gasteiger partial charge in [0.25, 0.3) is 5.91 Å². The molecule has 0 bridgehead atoms. The number of nitrogens with one attached hydrogen (secondary N) is 1. The van der Waals surface area contributed by atoms with E-state index in [4.69, 9.17) is 19.4 Å². The number of nitrogens with two attached hydrogens (primary N) is 1. The van der Waals surface area contributed by atoms with Crippen molar-refractivity contribution in [1.29, 1.82) is 0 Å². The molecule has 6 heteroatoms. The molecule has 3 amide bonds. The standard InChI is InChI=1S/C13H13N3O3/c14-9-3-1-2-7-8(9)6-16(13(7)19)10-4-5-11(17)15-12(10)18/h1-3,10H,4-6,14H2,(H,15,17,18)/t10-/m0/s1/i1D,2D,3D,4D2,5D2,6D2,10D. The van der Waals surface area contributed by atoms with Gasteiger partial charge in [0.15, 0.2) is 0 Å². The van der Waals surface area contributed by atoms with Gasteiger partial charge in [0.2, 0.25) is 11.8 Å². The Morgan fingerprint density at radius 2 is 2.26 bits per heavy atom. The number of piperidine rings is 1. The Labute approximate surface area is 123 Å². The Kier molecular flexibility index (Phi) is 1.06. The summed E-state index contributed by atoms with van der Waals surface area (Å²) in [6.45, 7) is -3.24. The molecule has 6 nitrogen and oxygen atoms in total. The van der Waals surface area contributed by atoms with Crippen molar-refractivity contribution in [3.05, 3.63) is 29.3 Å². The van der Waals surface area contributed by atoms with Crippen LogP contribution in [0.3, 0.4) is 0 Å². The Morgan fingerprint density at radius 1 is 1.47 bits per heavy atom. The molecule has 0 unspecified atom stereocenters. The summed E-state index contributed by atoms with van der Waals surface area (Å²) in [6.07, 6.45) is -7.24. The van der Waals surface area contributed by atoms with Gasteiger partial charge in [-0.3, -0.25) is 19.7 Å². The first kappa shape index (κ1) is 4.96. The molecule has 19 heavy (non-hydrogen) atoms. The Balaban J connectivity index is 2.37. The highest BCUT2D eigenvalue weighted by molar-refractivity contribution is 6.06. The maximum Gasteiger partial charge on any atom is 0.255 e. The van der Waals surface area contributed by atoms with E-state index >= 15 is 0 Å². The number of imide groups is 1. The second-order valence-electron chi connectivity index (χ2n) is 3.67. The largest absolute Gasteiger partial charge is 0.398 e. The quantitative estimate of drug-likeness (QED) is 0.555. The van der Waals surface area contributed by atoms with Crippen LogP contribution < -0.4 is 11.1 Å². The van der Waals surface area contributed by atoms with Crippen molar-refractivity contribution < 1.29 is 28.1 Å². The summed E-state index contributed by atoms with van der Waals surface area (Å²) in [5.74, 6) is -5.08. The summed E-state index contributed by atoms with van der Waals surface area (Å²) >= 11 is 0. The van der Waals surface area contributed by atoms with Crippen LogP contribution >= 0.6 is 0 Å². The number of rotatable bonds is 1. The van der Waals surface area contributed by atoms with Gasteiger partial charge in [-0.1, -0.05) is 6.04 Å². The fourth-order valence-electron chi connectivity index (χ4n) is 1.65. The van der Waals surface area contributed by atoms with E-state index in [1.807, 2.05) is 0 Å². The number of amides is 3. The Bertz CT molecular complexity index is 1010. The first-order valence-electron chi connectivity index (χ1n) is 10.1. The van der Waals surface area contributed by atoms with Gasteiger partial charge < -0.3 is 10.6 Å². The number of nitrogens with zero attached hydrogens (tertiary/aromatic N) is 1. The fourth-order valence-corrected chi connectivity index (χ4v) is 1.65. The van der Waals surface area contributed by atoms with Crippen LogP contribution in [-0.4, -0.2) is 28.6 Å². The lowest BCUT2D eigenvalue weighted by Crippen LogP contribution is -2.52. The van der Waals surface area contributed by atoms with Crippen LogP contribution in [0.2, 0.25) is 0 Å². The van der Waals surface area contributed by atoms with E-state index in [1.54, 1.807) is 0 Å². The molecule has 0 saturated carbocycles. The predicted octanol–water partition coefficient (Wildman–Crippen LogP) is 0.0298. The lowest BCUT2D eigenvalue weighted by molar-refractivity contribution is -0.136. The van der Waals surface area contributed by atoms with Crippen LogP contribution in [-0.2, 0) is 16.1 Å². The minimum atomic E-state index is -3.73. The van der Waals surface area contributed by atoms with Gasteiger partial charge in [0.05, 0.1) is 8.22 Å². The van der Waals surface area contributed by atoms with Gasteiger partial charge in [0, 0.05) is 35.2 Å². The lowest BCUT2D eigenvalue weighted by Gasteiger charge is -2.29. The molecule has 1 aromatic rings. The molecule has 1 aromatic carbocycles. The molecule has 2 aliphatic heterocycles. The van der Waals surface area contributed by atoms with Crippen molar-refractivity contribution in [3.63, 3.8) is 0 Å². The van der Waals surface area contributed by atoms with Gasteiger partial charge in [-0.25, -0.2) is 0 Å². The van der Waals surface area contributed by atoms with Crippen molar-refractivity contribution in [3.8, 4) is 0 Å². The van der Waals surface area contributed by atoms with E-state index in [0.29, 0.717) is 0 Å². The number of carbonyl (C=O) groups is 3. The monoisotopic (exact) mass is 269 g/mol. The Hall–Kier alpha value is -2.37. The van der Waals surface area contributed by atoms with Crippen LogP contribution in [0, 0.1) is 0 Å². The first-order chi connectivity index (χ1) is 13.0. The van der Waals surface area contributed by atoms with Crippen molar-refractivity contribution in [2.75, 3.05) is 5.73 Å². The number of carbonyl (C=O) groups excluding carboxylic acids is 3. The zero-order chi connectivity index (χ0) is 22.5. The molecular formula is C13H13N3O3. The van der Waals surface area contributed by atoms with E-state index in [1.165, 1.54) is 5.32 Å². The highest BCUT2D eigenvalue weighted by atomic mass is 16.2. The van der Waals surface area contributed by atoms with E-state index in [9.17, 15) is 14.4 Å². The smallest absolute Gasteiger partial charge is 0.255 e. The third-order valence-electron chi connectivity index (χ3n) is 2.50. The van der Waals surface area contributed by atoms with Crippen molar-refractivity contribution >= 4 is 23.4 Å². The highest BCUT2D eigenvalue weighted by Crippen LogP contribution is 2.30. The normalized spacial score (nSPS) is 41.9. The lowest BCUT2D eigenvalue weighted by atomic mass is 10.0. The predicted molar refractivity (Wildman–Crippen MR) is 66.9 cm³/mol. The maximum absolute atomic E-state index is 13.0. The van der Waals surface area contributed by atoms with Crippen molar-refractivity contribution in [2.45, 2.75) is 25.3 Å². The first-order valence-corrected chi connectivity index (χ1v) is 5.07. The molecule has 98 valence electrons. The molecule has 2 aliphatic rings. The van der Waals surface area contributed by atoms with Crippen LogP contribution in [0.5, 0.6) is 0 Å². The van der Waals surface area contributed by atoms with E-state index in [2.05, 4.69) is 0 Å². The number of hydrogen-bond donors (Lipinski definition) is 2. The highest BCUT2D eigenvalue weighted by Gasteiger charge is 2.39. The minimum absolute atomic E-state index is 0.239. The van der Waals surface area contributed by atoms with Gasteiger partial charge in [-0.05, 0) is 18.5 Å². The summed E-state index contributed by atoms with van der Waals surface area (Å²) in [5, 5.41) is 1.44. The third kappa shape index (κ3) is 1.76. The second-order valence-corrected chi connectivity index (χ2v) is 3.67. The summed E-state index contributed by atoms with van der Waals surface area (Å²) in [7, 11) is 0. The number of hydrogen-bond acceptors (Lipinski definition) is 4. The molecule has 3 N–H and O–H groups in total. The molecule has 0 radical (unpaired) electrons. The average molecular weight is 269 g/mol. The molecule has 0 spiro atoms. The number of benzene rings is 1. The molecule has 0 aliphatic carbocycles. The van der Waals surface area contributed by atoms with Crippen LogP contribution in [0.15, 0.2) is 18.1 Å². The summed E-state index contributed by atoms with van der Waals surface area (Å²) < 4.78 is 79.5. The summed E-state index contributed by atoms with van der Waals surface area (Å²) in [6, 6.07) is -6.16. The fraction of sp³-hybridized carbons (Fsp3) is 0.308. The molecule has 2 heterocycles. The number of fused-ring (bicyclic) bond motifs is 1. The van der Waals surface area contributed by atoms with Crippen molar-refractivity contribution in [2.24, 2.45) is 0 Å². The third-order valence-corrected chi connectivity index (χ3v) is 2.50. The van der Waals surface area contributed by atoms with E-state index in [0.717, 1.165) is 0 Å². The van der Waals surface area contributed by atoms with Gasteiger partial charge >= 0.3 is 0 Å². The molecular weight excluding hydrogens is 246 g/mol. The second kappa shape index (κ2) is 4.08. The van der Waals surface area contributed by atoms with Crippen LogP contribution in [0.4, 0.5) is 5.69 Å². The average Bonchev–Trinajstić information content (AvgIpc) is 2.81. The van der Waals surface area contributed by atoms with Gasteiger partial charge in [-0.2, -0.15) is 0 Å². The topological polar surface area (TPSA) is 92.5 Å². The molecule has 1 fully saturated rings. The molecule has 0 aromatic heterocycles. The van der Waals surface area contributed by atoms with E-state index in [-0.39, 0.29) is 4.90 Å². The van der Waals surface area contributed by atoms with Crippen molar-refractivity contribution in [1.82, 2.24) is 10.2 Å². The molecule has 3 rings (SSSR count). The zero-order valence-corrected chi connectivity index (χ0v) is 9.25. The maximum atomic E-state index is 13.0. The van der Waals surface area contributed by atoms with Gasteiger partial charge in [0.1, 0.15) is 6.02 Å². The summed E-state index contributed by atoms with van der Waals surface area (Å²) in [4.78, 5) is 37.0. The molecule has 1 atom stereocenters.